The first-order chi connectivity index (χ1) is 11.2. The maximum Gasteiger partial charge on any atom is 0.255 e. The number of sulfonamides is 1. The van der Waals surface area contributed by atoms with Crippen molar-refractivity contribution in [3.63, 3.8) is 0 Å². The summed E-state index contributed by atoms with van der Waals surface area (Å²) in [6.45, 7) is 6.05. The Bertz CT molecular complexity index is 823. The zero-order chi connectivity index (χ0) is 17.9. The van der Waals surface area contributed by atoms with Crippen molar-refractivity contribution >= 4 is 27.3 Å². The van der Waals surface area contributed by atoms with E-state index in [2.05, 4.69) is 5.32 Å². The van der Waals surface area contributed by atoms with Crippen LogP contribution in [0.5, 0.6) is 0 Å². The molecule has 0 heterocycles. The lowest BCUT2D eigenvalue weighted by atomic mass is 10.1. The van der Waals surface area contributed by atoms with Crippen LogP contribution in [0.4, 0.5) is 11.4 Å². The first-order valence-electron chi connectivity index (χ1n) is 7.68. The van der Waals surface area contributed by atoms with E-state index < -0.39 is 10.0 Å². The number of hydrogen-bond donors (Lipinski definition) is 1. The first kappa shape index (κ1) is 18.0. The van der Waals surface area contributed by atoms with Gasteiger partial charge in [-0.3, -0.25) is 9.10 Å². The lowest BCUT2D eigenvalue weighted by Crippen LogP contribution is -2.29. The summed E-state index contributed by atoms with van der Waals surface area (Å²) in [4.78, 5) is 12.3. The van der Waals surface area contributed by atoms with E-state index in [0.717, 1.165) is 23.1 Å². The van der Waals surface area contributed by atoms with Crippen molar-refractivity contribution in [1.29, 1.82) is 0 Å². The van der Waals surface area contributed by atoms with Gasteiger partial charge in [-0.05, 0) is 68.3 Å². The van der Waals surface area contributed by atoms with Crippen molar-refractivity contribution < 1.29 is 13.2 Å². The van der Waals surface area contributed by atoms with Gasteiger partial charge in [0.1, 0.15) is 0 Å². The summed E-state index contributed by atoms with van der Waals surface area (Å²) >= 11 is 0. The summed E-state index contributed by atoms with van der Waals surface area (Å²) < 4.78 is 24.8. The molecule has 1 N–H and O–H groups in total. The normalized spacial score (nSPS) is 11.2. The molecule has 0 aromatic heterocycles. The standard InChI is InChI=1S/C18H22N2O3S/c1-5-20(24(4,22)23)17-8-6-15(7-9-17)18(21)19-16-11-13(2)10-14(3)12-16/h6-12H,5H2,1-4H3,(H,19,21). The average Bonchev–Trinajstić information content (AvgIpc) is 2.46. The second-order valence-electron chi connectivity index (χ2n) is 5.81. The number of anilines is 2. The van der Waals surface area contributed by atoms with E-state index >= 15 is 0 Å². The van der Waals surface area contributed by atoms with E-state index in [1.165, 1.54) is 4.31 Å². The topological polar surface area (TPSA) is 66.5 Å². The molecule has 0 aliphatic carbocycles. The van der Waals surface area contributed by atoms with Crippen LogP contribution >= 0.6 is 0 Å². The Morgan fingerprint density at radius 1 is 1.04 bits per heavy atom. The van der Waals surface area contributed by atoms with E-state index in [4.69, 9.17) is 0 Å². The van der Waals surface area contributed by atoms with Crippen molar-refractivity contribution in [2.24, 2.45) is 0 Å². The van der Waals surface area contributed by atoms with E-state index in [-0.39, 0.29) is 5.91 Å². The number of carbonyl (C=O) groups is 1. The van der Waals surface area contributed by atoms with Gasteiger partial charge in [-0.25, -0.2) is 8.42 Å². The highest BCUT2D eigenvalue weighted by Gasteiger charge is 2.15. The molecular formula is C18H22N2O3S. The third-order valence-electron chi connectivity index (χ3n) is 3.58. The molecule has 0 fully saturated rings. The molecule has 0 saturated heterocycles. The van der Waals surface area contributed by atoms with Crippen LogP contribution in [0.15, 0.2) is 42.5 Å². The molecule has 128 valence electrons. The van der Waals surface area contributed by atoms with Gasteiger partial charge in [0.05, 0.1) is 11.9 Å². The monoisotopic (exact) mass is 346 g/mol. The highest BCUT2D eigenvalue weighted by Crippen LogP contribution is 2.19. The summed E-state index contributed by atoms with van der Waals surface area (Å²) in [5.74, 6) is -0.228. The van der Waals surface area contributed by atoms with Gasteiger partial charge in [0.25, 0.3) is 5.91 Å². The number of hydrogen-bond acceptors (Lipinski definition) is 3. The van der Waals surface area contributed by atoms with E-state index in [0.29, 0.717) is 17.8 Å². The summed E-state index contributed by atoms with van der Waals surface area (Å²) in [5, 5.41) is 2.86. The lowest BCUT2D eigenvalue weighted by molar-refractivity contribution is 0.102. The quantitative estimate of drug-likeness (QED) is 0.903. The number of nitrogens with zero attached hydrogens (tertiary/aromatic N) is 1. The summed E-state index contributed by atoms with van der Waals surface area (Å²) in [5.41, 5.74) is 3.91. The van der Waals surface area contributed by atoms with Gasteiger partial charge in [0.2, 0.25) is 10.0 Å². The molecule has 2 aromatic rings. The molecule has 24 heavy (non-hydrogen) atoms. The van der Waals surface area contributed by atoms with Crippen molar-refractivity contribution in [1.82, 2.24) is 0 Å². The highest BCUT2D eigenvalue weighted by molar-refractivity contribution is 7.92. The summed E-state index contributed by atoms with van der Waals surface area (Å²) in [6.07, 6.45) is 1.16. The summed E-state index contributed by atoms with van der Waals surface area (Å²) in [6, 6.07) is 12.4. The molecule has 0 spiro atoms. The summed E-state index contributed by atoms with van der Waals surface area (Å²) in [7, 11) is -3.33. The smallest absolute Gasteiger partial charge is 0.255 e. The first-order valence-corrected chi connectivity index (χ1v) is 9.53. The fraction of sp³-hybridized carbons (Fsp3) is 0.278. The average molecular weight is 346 g/mol. The van der Waals surface area contributed by atoms with Crippen molar-refractivity contribution in [3.8, 4) is 0 Å². The number of benzene rings is 2. The van der Waals surface area contributed by atoms with Crippen LogP contribution in [-0.4, -0.2) is 27.1 Å². The molecule has 0 atom stereocenters. The fourth-order valence-corrected chi connectivity index (χ4v) is 3.61. The van der Waals surface area contributed by atoms with E-state index in [9.17, 15) is 13.2 Å². The third-order valence-corrected chi connectivity index (χ3v) is 4.85. The minimum atomic E-state index is -3.33. The third kappa shape index (κ3) is 4.35. The number of nitrogens with one attached hydrogen (secondary N) is 1. The van der Waals surface area contributed by atoms with Gasteiger partial charge < -0.3 is 5.32 Å². The zero-order valence-corrected chi connectivity index (χ0v) is 15.1. The molecular weight excluding hydrogens is 324 g/mol. The SMILES string of the molecule is CCN(c1ccc(C(=O)Nc2cc(C)cc(C)c2)cc1)S(C)(=O)=O. The Kier molecular flexibility index (Phi) is 5.29. The predicted octanol–water partition coefficient (Wildman–Crippen LogP) is 3.34. The van der Waals surface area contributed by atoms with Gasteiger partial charge in [0, 0.05) is 17.8 Å². The van der Waals surface area contributed by atoms with Gasteiger partial charge >= 0.3 is 0 Å². The van der Waals surface area contributed by atoms with Crippen LogP contribution in [0.1, 0.15) is 28.4 Å². The Balaban J connectivity index is 2.19. The molecule has 0 saturated carbocycles. The molecule has 5 nitrogen and oxygen atoms in total. The van der Waals surface area contributed by atoms with E-state index in [1.54, 1.807) is 31.2 Å². The van der Waals surface area contributed by atoms with Gasteiger partial charge in [-0.2, -0.15) is 0 Å². The second kappa shape index (κ2) is 7.05. The second-order valence-corrected chi connectivity index (χ2v) is 7.71. The molecule has 0 radical (unpaired) electrons. The molecule has 0 aliphatic rings. The van der Waals surface area contributed by atoms with Crippen LogP contribution in [0, 0.1) is 13.8 Å². The maximum atomic E-state index is 12.3. The fourth-order valence-electron chi connectivity index (χ4n) is 2.64. The Labute approximate surface area is 143 Å². The minimum absolute atomic E-state index is 0.228. The Morgan fingerprint density at radius 3 is 2.04 bits per heavy atom. The van der Waals surface area contributed by atoms with Crippen LogP contribution in [0.3, 0.4) is 0 Å². The molecule has 2 rings (SSSR count). The highest BCUT2D eigenvalue weighted by atomic mass is 32.2. The van der Waals surface area contributed by atoms with Crippen LogP contribution in [0.2, 0.25) is 0 Å². The maximum absolute atomic E-state index is 12.3. The number of amides is 1. The Hall–Kier alpha value is -2.34. The van der Waals surface area contributed by atoms with Gasteiger partial charge in [-0.1, -0.05) is 6.07 Å². The molecule has 1 amide bonds. The van der Waals surface area contributed by atoms with Crippen molar-refractivity contribution in [3.05, 3.63) is 59.2 Å². The Morgan fingerprint density at radius 2 is 1.58 bits per heavy atom. The molecule has 0 unspecified atom stereocenters. The van der Waals surface area contributed by atoms with Gasteiger partial charge in [-0.15, -0.1) is 0 Å². The largest absolute Gasteiger partial charge is 0.322 e. The van der Waals surface area contributed by atoms with E-state index in [1.807, 2.05) is 32.0 Å². The number of rotatable bonds is 5. The van der Waals surface area contributed by atoms with Crippen LogP contribution < -0.4 is 9.62 Å². The van der Waals surface area contributed by atoms with Crippen molar-refractivity contribution in [2.75, 3.05) is 22.4 Å². The predicted molar refractivity (Wildman–Crippen MR) is 98.2 cm³/mol. The van der Waals surface area contributed by atoms with Crippen LogP contribution in [-0.2, 0) is 10.0 Å². The zero-order valence-electron chi connectivity index (χ0n) is 14.3. The number of aryl methyl sites for hydroxylation is 2. The molecule has 6 heteroatoms. The van der Waals surface area contributed by atoms with Crippen molar-refractivity contribution in [2.45, 2.75) is 20.8 Å². The molecule has 0 aliphatic heterocycles. The lowest BCUT2D eigenvalue weighted by Gasteiger charge is -2.20. The molecule has 0 bridgehead atoms. The number of carbonyl (C=O) groups excluding carboxylic acids is 1. The molecule has 2 aromatic carbocycles. The minimum Gasteiger partial charge on any atom is -0.322 e. The van der Waals surface area contributed by atoms with Gasteiger partial charge in [0.15, 0.2) is 0 Å². The van der Waals surface area contributed by atoms with Crippen LogP contribution in [0.25, 0.3) is 0 Å².